The maximum Gasteiger partial charge on any atom is 0.133 e. The fourth-order valence-electron chi connectivity index (χ4n) is 2.25. The Labute approximate surface area is 100 Å². The zero-order valence-electron chi connectivity index (χ0n) is 9.17. The average molecular weight is 233 g/mol. The fourth-order valence-corrected chi connectivity index (χ4v) is 2.67. The van der Waals surface area contributed by atoms with Crippen molar-refractivity contribution in [2.24, 2.45) is 0 Å². The van der Waals surface area contributed by atoms with Crippen LogP contribution in [-0.2, 0) is 0 Å². The molecule has 1 aliphatic heterocycles. The van der Waals surface area contributed by atoms with Crippen LogP contribution in [0.4, 0.5) is 0 Å². The molecule has 0 aliphatic carbocycles. The number of likely N-dealkylation sites (tertiary alicyclic amines) is 1. The van der Waals surface area contributed by atoms with E-state index in [1.807, 2.05) is 18.5 Å². The van der Waals surface area contributed by atoms with Crippen molar-refractivity contribution < 1.29 is 0 Å². The van der Waals surface area contributed by atoms with Crippen molar-refractivity contribution in [2.45, 2.75) is 18.9 Å². The largest absolute Gasteiger partial charge is 0.295 e. The summed E-state index contributed by atoms with van der Waals surface area (Å²) >= 11 is 1.34. The van der Waals surface area contributed by atoms with Crippen LogP contribution in [0.2, 0.25) is 0 Å². The molecule has 2 heterocycles. The summed E-state index contributed by atoms with van der Waals surface area (Å²) in [6.07, 6.45) is 6.23. The third kappa shape index (κ3) is 2.75. The van der Waals surface area contributed by atoms with Crippen molar-refractivity contribution in [1.82, 2.24) is 9.88 Å². The summed E-state index contributed by atoms with van der Waals surface area (Å²) in [5, 5.41) is 10.6. The predicted octanol–water partition coefficient (Wildman–Crippen LogP) is 2.43. The van der Waals surface area contributed by atoms with E-state index in [1.54, 1.807) is 0 Å². The Morgan fingerprint density at radius 1 is 1.62 bits per heavy atom. The van der Waals surface area contributed by atoms with Gasteiger partial charge < -0.3 is 0 Å². The number of nitrogens with zero attached hydrogens (tertiary/aromatic N) is 3. The summed E-state index contributed by atoms with van der Waals surface area (Å²) < 4.78 is 0. The highest BCUT2D eigenvalue weighted by molar-refractivity contribution is 8.03. The van der Waals surface area contributed by atoms with E-state index in [4.69, 9.17) is 5.26 Å². The van der Waals surface area contributed by atoms with Gasteiger partial charge in [0.1, 0.15) is 5.40 Å². The van der Waals surface area contributed by atoms with Crippen LogP contribution in [-0.4, -0.2) is 28.7 Å². The number of thiocyanates is 1. The molecule has 84 valence electrons. The Kier molecular flexibility index (Phi) is 4.20. The third-order valence-electron chi connectivity index (χ3n) is 2.98. The summed E-state index contributed by atoms with van der Waals surface area (Å²) in [6.45, 7) is 2.14. The number of nitriles is 1. The average Bonchev–Trinajstić information content (AvgIpc) is 2.79. The van der Waals surface area contributed by atoms with Gasteiger partial charge in [-0.1, -0.05) is 6.07 Å². The van der Waals surface area contributed by atoms with Crippen LogP contribution in [0, 0.1) is 10.7 Å². The van der Waals surface area contributed by atoms with E-state index < -0.39 is 0 Å². The van der Waals surface area contributed by atoms with Gasteiger partial charge in [-0.25, -0.2) is 0 Å². The lowest BCUT2D eigenvalue weighted by atomic mass is 10.1. The van der Waals surface area contributed by atoms with E-state index in [2.05, 4.69) is 21.4 Å². The Bertz CT molecular complexity index is 360. The number of thioether (sulfide) groups is 1. The van der Waals surface area contributed by atoms with Crippen LogP contribution >= 0.6 is 11.8 Å². The van der Waals surface area contributed by atoms with Crippen LogP contribution in [0.1, 0.15) is 24.4 Å². The van der Waals surface area contributed by atoms with Gasteiger partial charge in [-0.3, -0.25) is 9.88 Å². The third-order valence-corrected chi connectivity index (χ3v) is 3.49. The molecular formula is C12H15N3S. The second-order valence-corrected chi connectivity index (χ2v) is 4.80. The van der Waals surface area contributed by atoms with Gasteiger partial charge in [0.15, 0.2) is 0 Å². The Hall–Kier alpha value is -1.05. The molecule has 2 rings (SSSR count). The highest BCUT2D eigenvalue weighted by atomic mass is 32.2. The number of pyridine rings is 1. The number of hydrogen-bond acceptors (Lipinski definition) is 4. The second-order valence-electron chi connectivity index (χ2n) is 3.92. The number of rotatable bonds is 4. The summed E-state index contributed by atoms with van der Waals surface area (Å²) in [5.74, 6) is 0.896. The first-order chi connectivity index (χ1) is 7.92. The molecule has 3 nitrogen and oxygen atoms in total. The van der Waals surface area contributed by atoms with Gasteiger partial charge >= 0.3 is 0 Å². The van der Waals surface area contributed by atoms with Crippen LogP contribution < -0.4 is 0 Å². The Morgan fingerprint density at radius 2 is 2.56 bits per heavy atom. The van der Waals surface area contributed by atoms with Gasteiger partial charge in [0.2, 0.25) is 0 Å². The zero-order chi connectivity index (χ0) is 11.2. The molecular weight excluding hydrogens is 218 g/mol. The Balaban J connectivity index is 1.96. The summed E-state index contributed by atoms with van der Waals surface area (Å²) in [6, 6.07) is 4.65. The molecule has 1 saturated heterocycles. The standard InChI is InChI=1S/C12H15N3S/c13-10-16-8-7-15-6-2-4-12(15)11-3-1-5-14-9-11/h1,3,5,9,12H,2,4,6-8H2. The molecule has 0 amide bonds. The molecule has 1 aromatic rings. The van der Waals surface area contributed by atoms with E-state index in [9.17, 15) is 0 Å². The van der Waals surface area contributed by atoms with Gasteiger partial charge in [-0.15, -0.1) is 0 Å². The first-order valence-corrected chi connectivity index (χ1v) is 6.55. The summed E-state index contributed by atoms with van der Waals surface area (Å²) in [7, 11) is 0. The quantitative estimate of drug-likeness (QED) is 0.591. The minimum absolute atomic E-state index is 0.507. The molecule has 1 aliphatic rings. The normalized spacial score (nSPS) is 20.8. The topological polar surface area (TPSA) is 39.9 Å². The maximum atomic E-state index is 8.51. The van der Waals surface area contributed by atoms with Crippen LogP contribution in [0.5, 0.6) is 0 Å². The molecule has 4 heteroatoms. The molecule has 0 radical (unpaired) electrons. The molecule has 16 heavy (non-hydrogen) atoms. The lowest BCUT2D eigenvalue weighted by Crippen LogP contribution is -2.25. The molecule has 0 aromatic carbocycles. The predicted molar refractivity (Wildman–Crippen MR) is 65.9 cm³/mol. The van der Waals surface area contributed by atoms with Crippen molar-refractivity contribution in [3.63, 3.8) is 0 Å². The highest BCUT2D eigenvalue weighted by Crippen LogP contribution is 2.31. The molecule has 0 N–H and O–H groups in total. The zero-order valence-corrected chi connectivity index (χ0v) is 9.99. The molecule has 1 atom stereocenters. The van der Waals surface area contributed by atoms with E-state index in [0.717, 1.165) is 18.8 Å². The monoisotopic (exact) mass is 233 g/mol. The minimum Gasteiger partial charge on any atom is -0.295 e. The van der Waals surface area contributed by atoms with Gasteiger partial charge in [0, 0.05) is 30.7 Å². The van der Waals surface area contributed by atoms with Gasteiger partial charge in [-0.2, -0.15) is 5.26 Å². The van der Waals surface area contributed by atoms with Gasteiger partial charge in [0.05, 0.1) is 0 Å². The first kappa shape index (κ1) is 11.4. The molecule has 1 fully saturated rings. The lowest BCUT2D eigenvalue weighted by Gasteiger charge is -2.23. The molecule has 1 aromatic heterocycles. The smallest absolute Gasteiger partial charge is 0.133 e. The first-order valence-electron chi connectivity index (χ1n) is 5.56. The number of hydrogen-bond donors (Lipinski definition) is 0. The molecule has 1 unspecified atom stereocenters. The van der Waals surface area contributed by atoms with Crippen LogP contribution in [0.25, 0.3) is 0 Å². The lowest BCUT2D eigenvalue weighted by molar-refractivity contribution is 0.273. The fraction of sp³-hybridized carbons (Fsp3) is 0.500. The van der Waals surface area contributed by atoms with Crippen molar-refractivity contribution in [1.29, 1.82) is 5.26 Å². The van der Waals surface area contributed by atoms with Crippen LogP contribution in [0.15, 0.2) is 24.5 Å². The van der Waals surface area contributed by atoms with Crippen molar-refractivity contribution in [3.05, 3.63) is 30.1 Å². The maximum absolute atomic E-state index is 8.51. The van der Waals surface area contributed by atoms with E-state index in [0.29, 0.717) is 6.04 Å². The SMILES string of the molecule is N#CSCCN1CCCC1c1cccnc1. The highest BCUT2D eigenvalue weighted by Gasteiger charge is 2.25. The van der Waals surface area contributed by atoms with Crippen LogP contribution in [0.3, 0.4) is 0 Å². The number of aromatic nitrogens is 1. The Morgan fingerprint density at radius 3 is 3.31 bits per heavy atom. The van der Waals surface area contributed by atoms with Gasteiger partial charge in [0.25, 0.3) is 0 Å². The van der Waals surface area contributed by atoms with Crippen molar-refractivity contribution in [2.75, 3.05) is 18.8 Å². The van der Waals surface area contributed by atoms with E-state index >= 15 is 0 Å². The summed E-state index contributed by atoms with van der Waals surface area (Å²) in [4.78, 5) is 6.64. The van der Waals surface area contributed by atoms with E-state index in [1.165, 1.54) is 30.2 Å². The second kappa shape index (κ2) is 5.88. The van der Waals surface area contributed by atoms with Crippen molar-refractivity contribution in [3.8, 4) is 5.40 Å². The molecule has 0 bridgehead atoms. The summed E-state index contributed by atoms with van der Waals surface area (Å²) in [5.41, 5.74) is 1.31. The molecule has 0 saturated carbocycles. The molecule has 0 spiro atoms. The minimum atomic E-state index is 0.507. The van der Waals surface area contributed by atoms with Gasteiger partial charge in [-0.05, 0) is 42.8 Å². The van der Waals surface area contributed by atoms with E-state index in [-0.39, 0.29) is 0 Å². The van der Waals surface area contributed by atoms with Crippen molar-refractivity contribution >= 4 is 11.8 Å².